The van der Waals surface area contributed by atoms with Crippen molar-refractivity contribution in [1.82, 2.24) is 10.4 Å². The number of alkyl halides is 2. The predicted octanol–water partition coefficient (Wildman–Crippen LogP) is 6.73. The summed E-state index contributed by atoms with van der Waals surface area (Å²) in [6.45, 7) is -0.978. The van der Waals surface area contributed by atoms with Crippen LogP contribution in [0, 0.1) is 0 Å². The molecule has 0 aliphatic heterocycles. The maximum absolute atomic E-state index is 12.5. The highest BCUT2D eigenvalue weighted by Gasteiger charge is 2.09. The number of benzene rings is 3. The van der Waals surface area contributed by atoms with Gasteiger partial charge in [0, 0.05) is 11.3 Å². The quantitative estimate of drug-likeness (QED) is 0.158. The number of aromatic nitrogens is 1. The summed E-state index contributed by atoms with van der Waals surface area (Å²) < 4.78 is 31.1. The van der Waals surface area contributed by atoms with Crippen LogP contribution in [-0.2, 0) is 5.75 Å². The zero-order valence-electron chi connectivity index (χ0n) is 18.2. The van der Waals surface area contributed by atoms with Gasteiger partial charge in [0.15, 0.2) is 4.34 Å². The van der Waals surface area contributed by atoms with E-state index in [1.165, 1.54) is 16.8 Å². The van der Waals surface area contributed by atoms with Crippen LogP contribution < -0.4 is 10.2 Å². The number of rotatable bonds is 9. The first-order valence-corrected chi connectivity index (χ1v) is 12.3. The van der Waals surface area contributed by atoms with Gasteiger partial charge in [0.05, 0.1) is 15.9 Å². The van der Waals surface area contributed by atoms with Gasteiger partial charge in [-0.25, -0.2) is 10.4 Å². The van der Waals surface area contributed by atoms with E-state index in [1.54, 1.807) is 47.4 Å². The number of hydrogen-bond donors (Lipinski definition) is 1. The van der Waals surface area contributed by atoms with Gasteiger partial charge in [-0.15, -0.1) is 11.3 Å². The van der Waals surface area contributed by atoms with Gasteiger partial charge in [-0.05, 0) is 66.1 Å². The van der Waals surface area contributed by atoms with E-state index in [0.29, 0.717) is 23.3 Å². The minimum Gasteiger partial charge on any atom is -0.435 e. The van der Waals surface area contributed by atoms with Crippen molar-refractivity contribution >= 4 is 44.9 Å². The van der Waals surface area contributed by atoms with Crippen LogP contribution in [0.3, 0.4) is 0 Å². The summed E-state index contributed by atoms with van der Waals surface area (Å²) in [5.74, 6) is 0.499. The second kappa shape index (κ2) is 11.2. The Bertz CT molecular complexity index is 1260. The predicted molar refractivity (Wildman–Crippen MR) is 133 cm³/mol. The molecule has 1 amide bonds. The van der Waals surface area contributed by atoms with Crippen molar-refractivity contribution in [1.29, 1.82) is 0 Å². The number of carbonyl (C=O) groups is 1. The Hall–Kier alpha value is -3.30. The number of nitrogens with zero attached hydrogens (tertiary/aromatic N) is 2. The molecule has 0 radical (unpaired) electrons. The second-order valence-electron chi connectivity index (χ2n) is 7.19. The first kappa shape index (κ1) is 23.8. The number of amides is 1. The number of fused-ring (bicyclic) bond motifs is 1. The Morgan fingerprint density at radius 3 is 2.44 bits per heavy atom. The third-order valence-corrected chi connectivity index (χ3v) is 7.14. The van der Waals surface area contributed by atoms with Crippen molar-refractivity contribution < 1.29 is 18.3 Å². The highest BCUT2D eigenvalue weighted by molar-refractivity contribution is 8.00. The van der Waals surface area contributed by atoms with Crippen LogP contribution >= 0.6 is 23.1 Å². The minimum atomic E-state index is -2.87. The molecule has 0 atom stereocenters. The molecule has 34 heavy (non-hydrogen) atoms. The van der Waals surface area contributed by atoms with Crippen molar-refractivity contribution in [3.63, 3.8) is 0 Å². The van der Waals surface area contributed by atoms with Crippen molar-refractivity contribution in [2.24, 2.45) is 5.10 Å². The summed E-state index contributed by atoms with van der Waals surface area (Å²) >= 11 is 3.34. The molecule has 0 fully saturated rings. The topological polar surface area (TPSA) is 63.6 Å². The highest BCUT2D eigenvalue weighted by atomic mass is 32.2. The molecule has 9 heteroatoms. The Morgan fingerprint density at radius 1 is 1.06 bits per heavy atom. The largest absolute Gasteiger partial charge is 0.435 e. The first-order valence-electron chi connectivity index (χ1n) is 10.5. The Morgan fingerprint density at radius 2 is 1.76 bits per heavy atom. The molecule has 0 aliphatic rings. The Labute approximate surface area is 203 Å². The summed E-state index contributed by atoms with van der Waals surface area (Å²) in [6.07, 6.45) is 0.553. The fourth-order valence-corrected chi connectivity index (χ4v) is 5.19. The molecule has 0 aliphatic carbocycles. The third kappa shape index (κ3) is 6.18. The van der Waals surface area contributed by atoms with E-state index in [4.69, 9.17) is 0 Å². The van der Waals surface area contributed by atoms with Crippen LogP contribution in [0.5, 0.6) is 5.75 Å². The van der Waals surface area contributed by atoms with Crippen LogP contribution in [0.25, 0.3) is 10.2 Å². The van der Waals surface area contributed by atoms with Crippen LogP contribution in [0.1, 0.15) is 34.8 Å². The average Bonchev–Trinajstić information content (AvgIpc) is 3.27. The maximum Gasteiger partial charge on any atom is 0.387 e. The lowest BCUT2D eigenvalue weighted by atomic mass is 10.1. The number of hydrazone groups is 1. The van der Waals surface area contributed by atoms with Gasteiger partial charge in [0.25, 0.3) is 5.91 Å². The molecule has 4 aromatic rings. The molecule has 0 saturated heterocycles. The van der Waals surface area contributed by atoms with Crippen LogP contribution in [-0.4, -0.2) is 23.2 Å². The Kier molecular flexibility index (Phi) is 7.87. The van der Waals surface area contributed by atoms with Crippen LogP contribution in [0.15, 0.2) is 82.2 Å². The molecule has 0 spiro atoms. The minimum absolute atomic E-state index is 0.0691. The number of thiazole rings is 1. The summed E-state index contributed by atoms with van der Waals surface area (Å²) in [6, 6.07) is 21.6. The number of nitrogens with one attached hydrogen (secondary N) is 1. The molecule has 1 heterocycles. The van der Waals surface area contributed by atoms with Gasteiger partial charge in [0.2, 0.25) is 0 Å². The summed E-state index contributed by atoms with van der Waals surface area (Å²) in [7, 11) is 0. The lowest BCUT2D eigenvalue weighted by Crippen LogP contribution is -2.20. The molecular formula is C25H21F2N3O2S2. The molecule has 1 N–H and O–H groups in total. The highest BCUT2D eigenvalue weighted by Crippen LogP contribution is 2.31. The fraction of sp³-hybridized carbons (Fsp3) is 0.160. The van der Waals surface area contributed by atoms with Crippen molar-refractivity contribution in [2.75, 3.05) is 0 Å². The standard InChI is InChI=1S/C25H21F2N3O2S2/c1-2-20(17-11-13-19(14-12-17)32-24(26)27)29-30-23(31)18-9-7-16(8-10-18)15-33-25-28-21-5-3-4-6-22(21)34-25/h3-14,24H,2,15H2,1H3,(H,30,31)/b29-20+. The van der Waals surface area contributed by atoms with E-state index < -0.39 is 6.61 Å². The van der Waals surface area contributed by atoms with Crippen molar-refractivity contribution in [3.8, 4) is 5.75 Å². The van der Waals surface area contributed by atoms with E-state index in [-0.39, 0.29) is 11.7 Å². The zero-order valence-corrected chi connectivity index (χ0v) is 19.8. The van der Waals surface area contributed by atoms with Gasteiger partial charge in [-0.2, -0.15) is 13.9 Å². The van der Waals surface area contributed by atoms with E-state index >= 15 is 0 Å². The first-order chi connectivity index (χ1) is 16.5. The van der Waals surface area contributed by atoms with Gasteiger partial charge in [-0.3, -0.25) is 4.79 Å². The summed E-state index contributed by atoms with van der Waals surface area (Å²) in [5.41, 5.74) is 6.50. The molecule has 5 nitrogen and oxygen atoms in total. The lowest BCUT2D eigenvalue weighted by molar-refractivity contribution is -0.0498. The second-order valence-corrected chi connectivity index (χ2v) is 9.44. The lowest BCUT2D eigenvalue weighted by Gasteiger charge is -2.08. The number of hydrogen-bond acceptors (Lipinski definition) is 6. The maximum atomic E-state index is 12.5. The van der Waals surface area contributed by atoms with E-state index in [2.05, 4.69) is 26.3 Å². The molecule has 4 rings (SSSR count). The molecule has 0 unspecified atom stereocenters. The van der Waals surface area contributed by atoms with E-state index in [0.717, 1.165) is 21.2 Å². The van der Waals surface area contributed by atoms with Crippen molar-refractivity contribution in [2.45, 2.75) is 30.0 Å². The Balaban J connectivity index is 1.34. The SMILES string of the molecule is CC/C(=N\NC(=O)c1ccc(CSc2nc3ccccc3s2)cc1)c1ccc(OC(F)F)cc1. The molecule has 0 saturated carbocycles. The number of thioether (sulfide) groups is 1. The van der Waals surface area contributed by atoms with Gasteiger partial charge < -0.3 is 4.74 Å². The van der Waals surface area contributed by atoms with E-state index in [9.17, 15) is 13.6 Å². The monoisotopic (exact) mass is 497 g/mol. The molecule has 0 bridgehead atoms. The zero-order chi connectivity index (χ0) is 23.9. The molecule has 1 aromatic heterocycles. The summed E-state index contributed by atoms with van der Waals surface area (Å²) in [4.78, 5) is 17.2. The number of halogens is 2. The van der Waals surface area contributed by atoms with Crippen LogP contribution in [0.2, 0.25) is 0 Å². The number of ether oxygens (including phenoxy) is 1. The molecular weight excluding hydrogens is 476 g/mol. The molecule has 174 valence electrons. The third-order valence-electron chi connectivity index (χ3n) is 4.89. The van der Waals surface area contributed by atoms with Crippen molar-refractivity contribution in [3.05, 3.63) is 89.5 Å². The van der Waals surface area contributed by atoms with Gasteiger partial charge >= 0.3 is 6.61 Å². The van der Waals surface area contributed by atoms with Gasteiger partial charge in [-0.1, -0.05) is 43.0 Å². The smallest absolute Gasteiger partial charge is 0.387 e. The average molecular weight is 498 g/mol. The van der Waals surface area contributed by atoms with E-state index in [1.807, 2.05) is 37.3 Å². The van der Waals surface area contributed by atoms with Gasteiger partial charge in [0.1, 0.15) is 5.75 Å². The number of carbonyl (C=O) groups excluding carboxylic acids is 1. The normalized spacial score (nSPS) is 11.7. The number of para-hydroxylation sites is 1. The molecule has 3 aromatic carbocycles. The fourth-order valence-electron chi connectivity index (χ4n) is 3.17. The van der Waals surface area contributed by atoms with Crippen LogP contribution in [0.4, 0.5) is 8.78 Å². The summed E-state index contributed by atoms with van der Waals surface area (Å²) in [5, 5.41) is 4.22.